The summed E-state index contributed by atoms with van der Waals surface area (Å²) >= 11 is 7.63. The minimum absolute atomic E-state index is 0.215. The second-order valence-corrected chi connectivity index (χ2v) is 7.91. The molecular formula is C18H22ClN3OS. The fourth-order valence-electron chi connectivity index (χ4n) is 2.86. The first-order chi connectivity index (χ1) is 11.5. The number of amides is 1. The minimum Gasteiger partial charge on any atom is -0.298 e. The van der Waals surface area contributed by atoms with Gasteiger partial charge in [-0.1, -0.05) is 30.7 Å². The summed E-state index contributed by atoms with van der Waals surface area (Å²) in [6.45, 7) is 7.51. The summed E-state index contributed by atoms with van der Waals surface area (Å²) < 4.78 is 0. The first kappa shape index (κ1) is 17.4. The van der Waals surface area contributed by atoms with Gasteiger partial charge in [0.15, 0.2) is 5.13 Å². The van der Waals surface area contributed by atoms with Crippen molar-refractivity contribution < 1.29 is 4.79 Å². The van der Waals surface area contributed by atoms with E-state index in [0.29, 0.717) is 15.7 Å². The van der Waals surface area contributed by atoms with Crippen LogP contribution in [0.2, 0.25) is 5.02 Å². The molecule has 128 valence electrons. The Morgan fingerprint density at radius 3 is 2.79 bits per heavy atom. The highest BCUT2D eigenvalue weighted by molar-refractivity contribution is 7.15. The number of hydrogen-bond acceptors (Lipinski definition) is 4. The molecule has 4 nitrogen and oxygen atoms in total. The van der Waals surface area contributed by atoms with Crippen LogP contribution in [0.4, 0.5) is 5.13 Å². The molecule has 0 aliphatic carbocycles. The molecule has 2 heterocycles. The number of nitrogens with one attached hydrogen (secondary N) is 1. The second-order valence-electron chi connectivity index (χ2n) is 6.42. The van der Waals surface area contributed by atoms with Crippen molar-refractivity contribution >= 4 is 34.0 Å². The van der Waals surface area contributed by atoms with Gasteiger partial charge in [0.2, 0.25) is 0 Å². The molecule has 3 rings (SSSR count). The number of likely N-dealkylation sites (tertiary alicyclic amines) is 1. The molecule has 2 aromatic rings. The molecule has 1 aliphatic heterocycles. The van der Waals surface area contributed by atoms with Gasteiger partial charge in [0.05, 0.1) is 16.3 Å². The number of carbonyl (C=O) groups is 1. The Morgan fingerprint density at radius 2 is 2.08 bits per heavy atom. The highest BCUT2D eigenvalue weighted by Crippen LogP contribution is 2.27. The Kier molecular flexibility index (Phi) is 5.54. The molecule has 0 saturated carbocycles. The number of thiazole rings is 1. The Bertz CT molecular complexity index is 723. The molecule has 1 aromatic heterocycles. The van der Waals surface area contributed by atoms with Crippen LogP contribution in [-0.4, -0.2) is 28.9 Å². The third-order valence-electron chi connectivity index (χ3n) is 4.48. The van der Waals surface area contributed by atoms with Crippen LogP contribution in [0.1, 0.15) is 40.7 Å². The first-order valence-corrected chi connectivity index (χ1v) is 9.47. The number of halogens is 1. The van der Waals surface area contributed by atoms with Gasteiger partial charge in [0.25, 0.3) is 5.91 Å². The van der Waals surface area contributed by atoms with Crippen LogP contribution < -0.4 is 5.32 Å². The number of benzene rings is 1. The normalized spacial score (nSPS) is 16.3. The zero-order valence-electron chi connectivity index (χ0n) is 14.0. The van der Waals surface area contributed by atoms with Crippen molar-refractivity contribution in [2.24, 2.45) is 5.92 Å². The van der Waals surface area contributed by atoms with Crippen molar-refractivity contribution in [2.75, 3.05) is 18.4 Å². The maximum absolute atomic E-state index is 12.3. The van der Waals surface area contributed by atoms with Crippen LogP contribution in [0, 0.1) is 12.8 Å². The van der Waals surface area contributed by atoms with E-state index in [0.717, 1.165) is 31.2 Å². The van der Waals surface area contributed by atoms with Gasteiger partial charge in [0, 0.05) is 11.4 Å². The van der Waals surface area contributed by atoms with Crippen LogP contribution in [-0.2, 0) is 6.54 Å². The molecular weight excluding hydrogens is 342 g/mol. The quantitative estimate of drug-likeness (QED) is 0.864. The zero-order valence-corrected chi connectivity index (χ0v) is 15.6. The van der Waals surface area contributed by atoms with Gasteiger partial charge < -0.3 is 0 Å². The smallest absolute Gasteiger partial charge is 0.258 e. The fraction of sp³-hybridized carbons (Fsp3) is 0.444. The van der Waals surface area contributed by atoms with Crippen molar-refractivity contribution in [3.8, 4) is 0 Å². The molecule has 1 saturated heterocycles. The number of piperidine rings is 1. The van der Waals surface area contributed by atoms with Crippen LogP contribution in [0.15, 0.2) is 24.3 Å². The van der Waals surface area contributed by atoms with E-state index in [4.69, 9.17) is 11.6 Å². The van der Waals surface area contributed by atoms with Crippen molar-refractivity contribution in [2.45, 2.75) is 33.2 Å². The summed E-state index contributed by atoms with van der Waals surface area (Å²) in [4.78, 5) is 20.5. The third-order valence-corrected chi connectivity index (χ3v) is 5.86. The van der Waals surface area contributed by atoms with E-state index in [9.17, 15) is 4.79 Å². The maximum atomic E-state index is 12.3. The lowest BCUT2D eigenvalue weighted by Gasteiger charge is -2.29. The summed E-state index contributed by atoms with van der Waals surface area (Å²) in [7, 11) is 0. The lowest BCUT2D eigenvalue weighted by Crippen LogP contribution is -2.32. The zero-order chi connectivity index (χ0) is 17.1. The Morgan fingerprint density at radius 1 is 1.38 bits per heavy atom. The van der Waals surface area contributed by atoms with Gasteiger partial charge in [-0.3, -0.25) is 15.0 Å². The van der Waals surface area contributed by atoms with Crippen LogP contribution in [0.5, 0.6) is 0 Å². The highest BCUT2D eigenvalue weighted by atomic mass is 35.5. The van der Waals surface area contributed by atoms with E-state index in [1.54, 1.807) is 29.5 Å². The predicted molar refractivity (Wildman–Crippen MR) is 99.9 cm³/mol. The van der Waals surface area contributed by atoms with Gasteiger partial charge in [-0.05, 0) is 50.9 Å². The maximum Gasteiger partial charge on any atom is 0.258 e. The average Bonchev–Trinajstić information content (AvgIpc) is 2.89. The number of carbonyl (C=O) groups excluding carboxylic acids is 1. The Balaban J connectivity index is 1.66. The van der Waals surface area contributed by atoms with Crippen LogP contribution >= 0.6 is 22.9 Å². The van der Waals surface area contributed by atoms with Crippen molar-refractivity contribution in [3.05, 3.63) is 45.4 Å². The molecule has 1 aliphatic rings. The summed E-state index contributed by atoms with van der Waals surface area (Å²) in [5.74, 6) is 0.613. The monoisotopic (exact) mass is 363 g/mol. The molecule has 0 bridgehead atoms. The Labute approximate surface area is 151 Å². The molecule has 0 unspecified atom stereocenters. The average molecular weight is 364 g/mol. The third kappa shape index (κ3) is 4.15. The molecule has 1 N–H and O–H groups in total. The number of rotatable bonds is 4. The standard InChI is InChI=1S/C18H22ClN3OS/c1-12-7-9-22(10-8-12)11-16-13(2)20-18(24-16)21-17(23)14-5-3-4-6-15(14)19/h3-6,12H,7-11H2,1-2H3,(H,20,21,23). The van der Waals surface area contributed by atoms with E-state index in [2.05, 4.69) is 22.1 Å². The summed E-state index contributed by atoms with van der Waals surface area (Å²) in [6, 6.07) is 7.04. The van der Waals surface area contributed by atoms with Gasteiger partial charge in [-0.25, -0.2) is 4.98 Å². The summed E-state index contributed by atoms with van der Waals surface area (Å²) in [6.07, 6.45) is 2.52. The second kappa shape index (κ2) is 7.64. The SMILES string of the molecule is Cc1nc(NC(=O)c2ccccc2Cl)sc1CN1CCC(C)CC1. The van der Waals surface area contributed by atoms with E-state index in [1.807, 2.05) is 13.0 Å². The van der Waals surface area contributed by atoms with E-state index in [-0.39, 0.29) is 5.91 Å². The van der Waals surface area contributed by atoms with Crippen LogP contribution in [0.25, 0.3) is 0 Å². The summed E-state index contributed by atoms with van der Waals surface area (Å²) in [5, 5.41) is 3.96. The molecule has 1 aromatic carbocycles. The number of aromatic nitrogens is 1. The van der Waals surface area contributed by atoms with Crippen molar-refractivity contribution in [3.63, 3.8) is 0 Å². The van der Waals surface area contributed by atoms with Crippen molar-refractivity contribution in [1.29, 1.82) is 0 Å². The summed E-state index contributed by atoms with van der Waals surface area (Å²) in [5.41, 5.74) is 1.46. The first-order valence-electron chi connectivity index (χ1n) is 8.27. The van der Waals surface area contributed by atoms with Gasteiger partial charge in [0.1, 0.15) is 0 Å². The largest absolute Gasteiger partial charge is 0.298 e. The number of aryl methyl sites for hydroxylation is 1. The topological polar surface area (TPSA) is 45.2 Å². The Hall–Kier alpha value is -1.43. The molecule has 0 radical (unpaired) electrons. The van der Waals surface area contributed by atoms with E-state index in [1.165, 1.54) is 17.7 Å². The number of anilines is 1. The van der Waals surface area contributed by atoms with Gasteiger partial charge in [-0.2, -0.15) is 0 Å². The minimum atomic E-state index is -0.215. The number of nitrogens with zero attached hydrogens (tertiary/aromatic N) is 2. The molecule has 6 heteroatoms. The molecule has 24 heavy (non-hydrogen) atoms. The predicted octanol–water partition coefficient (Wildman–Crippen LogP) is 4.59. The van der Waals surface area contributed by atoms with Crippen molar-refractivity contribution in [1.82, 2.24) is 9.88 Å². The van der Waals surface area contributed by atoms with Gasteiger partial charge in [-0.15, -0.1) is 11.3 Å². The molecule has 1 fully saturated rings. The molecule has 0 atom stereocenters. The lowest BCUT2D eigenvalue weighted by atomic mass is 9.99. The van der Waals surface area contributed by atoms with E-state index >= 15 is 0 Å². The van der Waals surface area contributed by atoms with Crippen LogP contribution in [0.3, 0.4) is 0 Å². The number of hydrogen-bond donors (Lipinski definition) is 1. The molecule has 1 amide bonds. The van der Waals surface area contributed by atoms with E-state index < -0.39 is 0 Å². The lowest BCUT2D eigenvalue weighted by molar-refractivity contribution is 0.102. The fourth-order valence-corrected chi connectivity index (χ4v) is 4.08. The van der Waals surface area contributed by atoms with Gasteiger partial charge >= 0.3 is 0 Å². The highest BCUT2D eigenvalue weighted by Gasteiger charge is 2.19. The molecule has 0 spiro atoms.